The number of carbonyl (C=O) groups is 2. The summed E-state index contributed by atoms with van der Waals surface area (Å²) in [5.74, 6) is -0.854. The van der Waals surface area contributed by atoms with Crippen molar-refractivity contribution in [2.45, 2.75) is 19.3 Å². The lowest BCUT2D eigenvalue weighted by molar-refractivity contribution is -0.138. The Balaban J connectivity index is 2.92. The molecule has 0 spiro atoms. The second-order valence-electron chi connectivity index (χ2n) is 2.68. The first kappa shape index (κ1) is 13.1. The molecule has 0 radical (unpaired) electrons. The zero-order valence-corrected chi connectivity index (χ0v) is 8.11. The normalized spacial score (nSPS) is 10.0. The molecule has 0 aliphatic carbocycles. The highest BCUT2D eigenvalue weighted by molar-refractivity contribution is 5.66. The van der Waals surface area contributed by atoms with Crippen molar-refractivity contribution in [1.82, 2.24) is 0 Å². The minimum absolute atomic E-state index is 0.0337. The van der Waals surface area contributed by atoms with E-state index in [1.807, 2.05) is 0 Å². The number of aldehydes is 1. The zero-order chi connectivity index (χ0) is 10.6. The molecule has 14 heavy (non-hydrogen) atoms. The van der Waals surface area contributed by atoms with Gasteiger partial charge in [0.15, 0.2) is 0 Å². The molecule has 5 nitrogen and oxygen atoms in total. The third-order valence-corrected chi connectivity index (χ3v) is 1.42. The third-order valence-electron chi connectivity index (χ3n) is 1.42. The predicted molar refractivity (Wildman–Crippen MR) is 49.2 cm³/mol. The maximum atomic E-state index is 10.1. The van der Waals surface area contributed by atoms with E-state index in [-0.39, 0.29) is 13.0 Å². The highest BCUT2D eigenvalue weighted by Crippen LogP contribution is 1.88. The summed E-state index contributed by atoms with van der Waals surface area (Å²) < 4.78 is 10.1. The lowest BCUT2D eigenvalue weighted by atomic mass is 10.4. The van der Waals surface area contributed by atoms with E-state index in [0.29, 0.717) is 26.2 Å². The minimum Gasteiger partial charge on any atom is -0.481 e. The van der Waals surface area contributed by atoms with Crippen LogP contribution in [0.25, 0.3) is 0 Å². The van der Waals surface area contributed by atoms with Crippen LogP contribution in [0.5, 0.6) is 0 Å². The molecule has 1 N–H and O–H groups in total. The van der Waals surface area contributed by atoms with Gasteiger partial charge in [-0.2, -0.15) is 0 Å². The first-order valence-corrected chi connectivity index (χ1v) is 4.58. The maximum absolute atomic E-state index is 10.1. The Labute approximate surface area is 83.0 Å². The molecule has 0 atom stereocenters. The van der Waals surface area contributed by atoms with Crippen LogP contribution in [0.1, 0.15) is 19.3 Å². The third kappa shape index (κ3) is 11.1. The van der Waals surface area contributed by atoms with Gasteiger partial charge in [-0.3, -0.25) is 4.79 Å². The first-order chi connectivity index (χ1) is 6.77. The van der Waals surface area contributed by atoms with Gasteiger partial charge in [0.05, 0.1) is 19.6 Å². The van der Waals surface area contributed by atoms with Crippen LogP contribution in [0.3, 0.4) is 0 Å². The summed E-state index contributed by atoms with van der Waals surface area (Å²) >= 11 is 0. The van der Waals surface area contributed by atoms with Crippen LogP contribution in [0.15, 0.2) is 0 Å². The number of rotatable bonds is 10. The molecule has 0 bridgehead atoms. The molecular formula is C9H16O5. The number of hydrogen-bond donors (Lipinski definition) is 1. The molecule has 0 aromatic carbocycles. The quantitative estimate of drug-likeness (QED) is 0.413. The highest BCUT2D eigenvalue weighted by Gasteiger charge is 1.95. The van der Waals surface area contributed by atoms with E-state index in [9.17, 15) is 9.59 Å². The van der Waals surface area contributed by atoms with E-state index in [0.717, 1.165) is 12.7 Å². The Hall–Kier alpha value is -0.940. The Morgan fingerprint density at radius 3 is 2.36 bits per heavy atom. The molecule has 82 valence electrons. The molecule has 0 rings (SSSR count). The van der Waals surface area contributed by atoms with Crippen molar-refractivity contribution < 1.29 is 24.2 Å². The molecule has 0 amide bonds. The van der Waals surface area contributed by atoms with Gasteiger partial charge in [-0.25, -0.2) is 0 Å². The molecule has 0 unspecified atom stereocenters. The Bertz CT molecular complexity index is 157. The summed E-state index contributed by atoms with van der Waals surface area (Å²) in [4.78, 5) is 20.0. The first-order valence-electron chi connectivity index (χ1n) is 4.58. The number of carboxylic acid groups (broad SMARTS) is 1. The standard InChI is InChI=1S/C9H16O5/c10-4-1-5-13-6-2-7-14-8-3-9(11)12/h4H,1-3,5-8H2,(H,11,12). The molecular weight excluding hydrogens is 188 g/mol. The summed E-state index contributed by atoms with van der Waals surface area (Å²) in [5, 5.41) is 8.28. The second-order valence-corrected chi connectivity index (χ2v) is 2.68. The number of hydrogen-bond acceptors (Lipinski definition) is 4. The molecule has 0 saturated carbocycles. The largest absolute Gasteiger partial charge is 0.481 e. The number of carboxylic acids is 1. The van der Waals surface area contributed by atoms with E-state index in [2.05, 4.69) is 0 Å². The van der Waals surface area contributed by atoms with Gasteiger partial charge >= 0.3 is 5.97 Å². The fraction of sp³-hybridized carbons (Fsp3) is 0.778. The molecule has 0 aromatic heterocycles. The minimum atomic E-state index is -0.854. The van der Waals surface area contributed by atoms with Crippen molar-refractivity contribution in [3.05, 3.63) is 0 Å². The van der Waals surface area contributed by atoms with Crippen molar-refractivity contribution in [1.29, 1.82) is 0 Å². The lowest BCUT2D eigenvalue weighted by Crippen LogP contribution is -2.06. The zero-order valence-electron chi connectivity index (χ0n) is 8.11. The monoisotopic (exact) mass is 204 g/mol. The van der Waals surface area contributed by atoms with Crippen molar-refractivity contribution in [2.24, 2.45) is 0 Å². The molecule has 0 aliphatic rings. The van der Waals surface area contributed by atoms with Gasteiger partial charge in [0.2, 0.25) is 0 Å². The average molecular weight is 204 g/mol. The van der Waals surface area contributed by atoms with Crippen LogP contribution in [-0.4, -0.2) is 43.8 Å². The summed E-state index contributed by atoms with van der Waals surface area (Å²) in [7, 11) is 0. The van der Waals surface area contributed by atoms with E-state index in [1.54, 1.807) is 0 Å². The summed E-state index contributed by atoms with van der Waals surface area (Å²) in [6.45, 7) is 1.72. The maximum Gasteiger partial charge on any atom is 0.305 e. The SMILES string of the molecule is O=CCCOCCCOCCC(=O)O. The van der Waals surface area contributed by atoms with Crippen molar-refractivity contribution >= 4 is 12.3 Å². The van der Waals surface area contributed by atoms with Gasteiger partial charge in [-0.1, -0.05) is 0 Å². The second kappa shape index (κ2) is 10.1. The van der Waals surface area contributed by atoms with Gasteiger partial charge in [0.25, 0.3) is 0 Å². The van der Waals surface area contributed by atoms with Gasteiger partial charge in [-0.05, 0) is 6.42 Å². The van der Waals surface area contributed by atoms with Crippen molar-refractivity contribution in [3.8, 4) is 0 Å². The van der Waals surface area contributed by atoms with Gasteiger partial charge in [0.1, 0.15) is 6.29 Å². The Kier molecular flexibility index (Phi) is 9.46. The van der Waals surface area contributed by atoms with Crippen LogP contribution < -0.4 is 0 Å². The van der Waals surface area contributed by atoms with E-state index < -0.39 is 5.97 Å². The molecule has 0 heterocycles. The number of carbonyl (C=O) groups excluding carboxylic acids is 1. The molecule has 0 aliphatic heterocycles. The number of aliphatic carboxylic acids is 1. The smallest absolute Gasteiger partial charge is 0.305 e. The molecule has 0 saturated heterocycles. The van der Waals surface area contributed by atoms with Crippen LogP contribution in [-0.2, 0) is 19.1 Å². The fourth-order valence-corrected chi connectivity index (χ4v) is 0.758. The lowest BCUT2D eigenvalue weighted by Gasteiger charge is -2.02. The number of ether oxygens (including phenoxy) is 2. The van der Waals surface area contributed by atoms with Crippen molar-refractivity contribution in [3.63, 3.8) is 0 Å². The van der Waals surface area contributed by atoms with Crippen LogP contribution in [0.2, 0.25) is 0 Å². The van der Waals surface area contributed by atoms with Crippen LogP contribution in [0.4, 0.5) is 0 Å². The van der Waals surface area contributed by atoms with Crippen LogP contribution >= 0.6 is 0 Å². The van der Waals surface area contributed by atoms with Gasteiger partial charge in [0, 0.05) is 19.6 Å². The average Bonchev–Trinajstić information content (AvgIpc) is 2.15. The van der Waals surface area contributed by atoms with Crippen molar-refractivity contribution in [2.75, 3.05) is 26.4 Å². The fourth-order valence-electron chi connectivity index (χ4n) is 0.758. The van der Waals surface area contributed by atoms with E-state index in [4.69, 9.17) is 14.6 Å². The van der Waals surface area contributed by atoms with Gasteiger partial charge < -0.3 is 19.4 Å². The molecule has 0 fully saturated rings. The van der Waals surface area contributed by atoms with E-state index in [1.165, 1.54) is 0 Å². The van der Waals surface area contributed by atoms with Crippen LogP contribution in [0, 0.1) is 0 Å². The van der Waals surface area contributed by atoms with E-state index >= 15 is 0 Å². The highest BCUT2D eigenvalue weighted by atomic mass is 16.5. The predicted octanol–water partition coefficient (Wildman–Crippen LogP) is 0.473. The topological polar surface area (TPSA) is 72.8 Å². The summed E-state index contributed by atoms with van der Waals surface area (Å²) in [6, 6.07) is 0. The molecule has 0 aromatic rings. The Morgan fingerprint density at radius 2 is 1.79 bits per heavy atom. The summed E-state index contributed by atoms with van der Waals surface area (Å²) in [6.07, 6.45) is 1.98. The van der Waals surface area contributed by atoms with Gasteiger partial charge in [-0.15, -0.1) is 0 Å². The molecule has 5 heteroatoms. The Morgan fingerprint density at radius 1 is 1.14 bits per heavy atom. The summed E-state index contributed by atoms with van der Waals surface area (Å²) in [5.41, 5.74) is 0.